The molecule has 8 nitrogen and oxygen atoms in total. The zero-order chi connectivity index (χ0) is 21.1. The largest absolute Gasteiger partial charge is 0.466 e. The van der Waals surface area contributed by atoms with E-state index in [4.69, 9.17) is 21.7 Å². The van der Waals surface area contributed by atoms with Crippen molar-refractivity contribution in [2.24, 2.45) is 0 Å². The highest BCUT2D eigenvalue weighted by Crippen LogP contribution is 2.22. The van der Waals surface area contributed by atoms with Crippen molar-refractivity contribution in [3.8, 4) is 5.88 Å². The molecule has 0 aliphatic heterocycles. The molecule has 0 aliphatic rings. The summed E-state index contributed by atoms with van der Waals surface area (Å²) in [6, 6.07) is 7.44. The van der Waals surface area contributed by atoms with Crippen LogP contribution in [0, 0.1) is 4.64 Å². The average molecular weight is 423 g/mol. The van der Waals surface area contributed by atoms with Gasteiger partial charge in [0.2, 0.25) is 5.88 Å². The highest BCUT2D eigenvalue weighted by Gasteiger charge is 2.12. The number of nitrogens with one attached hydrogen (secondary N) is 3. The van der Waals surface area contributed by atoms with Gasteiger partial charge in [-0.1, -0.05) is 50.2 Å². The smallest absolute Gasteiger partial charge is 0.259 e. The number of unbranched alkanes of at least 4 members (excludes halogenated alkanes) is 2. The van der Waals surface area contributed by atoms with Crippen molar-refractivity contribution in [1.29, 1.82) is 0 Å². The van der Waals surface area contributed by atoms with E-state index in [1.807, 2.05) is 24.3 Å². The molecule has 2 rings (SSSR count). The number of hydrogen-bond acceptors (Lipinski definition) is 7. The minimum Gasteiger partial charge on any atom is -0.466 e. The summed E-state index contributed by atoms with van der Waals surface area (Å²) >= 11 is 5.21. The predicted octanol–water partition coefficient (Wildman–Crippen LogP) is 2.29. The van der Waals surface area contributed by atoms with Gasteiger partial charge < -0.3 is 19.9 Å². The molecule has 0 spiro atoms. The Kier molecular flexibility index (Phi) is 9.99. The number of nitrogens with zero attached hydrogens (tertiary/aromatic N) is 1. The number of ether oxygens (including phenoxy) is 2. The number of hydrogen-bond donors (Lipinski definition) is 4. The van der Waals surface area contributed by atoms with Gasteiger partial charge in [0.1, 0.15) is 4.64 Å². The van der Waals surface area contributed by atoms with Crippen LogP contribution in [0.5, 0.6) is 5.88 Å². The quantitative estimate of drug-likeness (QED) is 0.223. The van der Waals surface area contributed by atoms with E-state index in [1.165, 1.54) is 0 Å². The van der Waals surface area contributed by atoms with Crippen LogP contribution in [-0.4, -0.2) is 59.8 Å². The number of fused-ring (bicyclic) bond motifs is 1. The number of carbonyl (C=O) groups is 1. The van der Waals surface area contributed by atoms with Gasteiger partial charge in [0, 0.05) is 23.9 Å². The summed E-state index contributed by atoms with van der Waals surface area (Å²) in [5.41, 5.74) is 0. The lowest BCUT2D eigenvalue weighted by Gasteiger charge is -2.18. The maximum absolute atomic E-state index is 12.1. The summed E-state index contributed by atoms with van der Waals surface area (Å²) in [6.45, 7) is 4.98. The standard InChI is InChI=1S/C20H30N4O4S/c1-3-4-7-10-27-12-15(25)11-21-14(2)22-18(26)13-28-19-16-8-5-6-9-17(16)20(29)24-23-19/h5-6,8-9,14-15,21,25H,3-4,7,10-13H2,1-2H3,(H,22,26)(H,24,29). The first-order valence-electron chi connectivity index (χ1n) is 9.90. The molecule has 0 aliphatic carbocycles. The van der Waals surface area contributed by atoms with Gasteiger partial charge in [0.25, 0.3) is 5.91 Å². The van der Waals surface area contributed by atoms with Gasteiger partial charge in [-0.2, -0.15) is 0 Å². The number of rotatable bonds is 13. The molecule has 2 aromatic rings. The number of aromatic amines is 1. The van der Waals surface area contributed by atoms with Crippen LogP contribution in [0.4, 0.5) is 0 Å². The molecule has 1 aromatic heterocycles. The first kappa shape index (κ1) is 23.2. The van der Waals surface area contributed by atoms with E-state index in [0.717, 1.165) is 30.0 Å². The number of aliphatic hydroxyl groups excluding tert-OH is 1. The molecule has 0 saturated heterocycles. The van der Waals surface area contributed by atoms with Gasteiger partial charge in [-0.3, -0.25) is 15.2 Å². The molecule has 29 heavy (non-hydrogen) atoms. The molecule has 0 radical (unpaired) electrons. The van der Waals surface area contributed by atoms with E-state index in [1.54, 1.807) is 6.92 Å². The van der Waals surface area contributed by atoms with E-state index >= 15 is 0 Å². The third-order valence-electron chi connectivity index (χ3n) is 4.24. The molecule has 2 unspecified atom stereocenters. The van der Waals surface area contributed by atoms with Crippen LogP contribution in [-0.2, 0) is 9.53 Å². The number of amides is 1. The zero-order valence-electron chi connectivity index (χ0n) is 16.9. The maximum atomic E-state index is 12.1. The van der Waals surface area contributed by atoms with Crippen LogP contribution >= 0.6 is 12.2 Å². The molecule has 1 aromatic carbocycles. The van der Waals surface area contributed by atoms with Crippen molar-refractivity contribution in [3.05, 3.63) is 28.9 Å². The summed E-state index contributed by atoms with van der Waals surface area (Å²) in [4.78, 5) is 12.1. The number of H-pyrrole nitrogens is 1. The second-order valence-electron chi connectivity index (χ2n) is 6.83. The maximum Gasteiger partial charge on any atom is 0.259 e. The van der Waals surface area contributed by atoms with Gasteiger partial charge >= 0.3 is 0 Å². The topological polar surface area (TPSA) is 108 Å². The molecule has 160 valence electrons. The first-order chi connectivity index (χ1) is 14.0. The summed E-state index contributed by atoms with van der Waals surface area (Å²) < 4.78 is 11.5. The molecule has 1 heterocycles. The highest BCUT2D eigenvalue weighted by atomic mass is 32.1. The van der Waals surface area contributed by atoms with E-state index < -0.39 is 6.10 Å². The predicted molar refractivity (Wildman–Crippen MR) is 114 cm³/mol. The molecule has 1 amide bonds. The molecule has 0 bridgehead atoms. The van der Waals surface area contributed by atoms with Crippen molar-refractivity contribution in [2.75, 3.05) is 26.4 Å². The van der Waals surface area contributed by atoms with Crippen LogP contribution in [0.1, 0.15) is 33.1 Å². The Morgan fingerprint density at radius 1 is 1.31 bits per heavy atom. The van der Waals surface area contributed by atoms with Crippen molar-refractivity contribution in [3.63, 3.8) is 0 Å². The molecule has 0 fully saturated rings. The van der Waals surface area contributed by atoms with E-state index in [2.05, 4.69) is 27.8 Å². The Morgan fingerprint density at radius 3 is 2.83 bits per heavy atom. The average Bonchev–Trinajstić information content (AvgIpc) is 2.72. The fourth-order valence-electron chi connectivity index (χ4n) is 2.71. The number of benzene rings is 1. The van der Waals surface area contributed by atoms with E-state index in [9.17, 15) is 9.90 Å². The Labute approximate surface area is 176 Å². The summed E-state index contributed by atoms with van der Waals surface area (Å²) in [7, 11) is 0. The Bertz CT molecular complexity index is 829. The SMILES string of the molecule is CCCCCOCC(O)CNC(C)NC(=O)COc1n[nH]c(=S)c2ccccc12. The zero-order valence-corrected chi connectivity index (χ0v) is 17.8. The first-order valence-corrected chi connectivity index (χ1v) is 10.3. The fraction of sp³-hybridized carbons (Fsp3) is 0.550. The molecular weight excluding hydrogens is 392 g/mol. The van der Waals surface area contributed by atoms with Gasteiger partial charge in [-0.15, -0.1) is 5.10 Å². The lowest BCUT2D eigenvalue weighted by atomic mass is 10.2. The van der Waals surface area contributed by atoms with Crippen molar-refractivity contribution in [2.45, 2.75) is 45.4 Å². The number of aromatic nitrogens is 2. The lowest BCUT2D eigenvalue weighted by molar-refractivity contribution is -0.124. The number of carbonyl (C=O) groups excluding carboxylic acids is 1. The van der Waals surface area contributed by atoms with Crippen LogP contribution in [0.15, 0.2) is 24.3 Å². The monoisotopic (exact) mass is 422 g/mol. The van der Waals surface area contributed by atoms with Crippen molar-refractivity contribution in [1.82, 2.24) is 20.8 Å². The third-order valence-corrected chi connectivity index (χ3v) is 4.55. The van der Waals surface area contributed by atoms with E-state index in [0.29, 0.717) is 23.7 Å². The van der Waals surface area contributed by atoms with Gasteiger partial charge in [0.05, 0.1) is 18.9 Å². The summed E-state index contributed by atoms with van der Waals surface area (Å²) in [6.07, 6.45) is 2.31. The second-order valence-corrected chi connectivity index (χ2v) is 7.23. The van der Waals surface area contributed by atoms with Crippen molar-refractivity contribution < 1.29 is 19.4 Å². The fourth-order valence-corrected chi connectivity index (χ4v) is 2.94. The molecule has 9 heteroatoms. The van der Waals surface area contributed by atoms with Gasteiger partial charge in [0.15, 0.2) is 6.61 Å². The second kappa shape index (κ2) is 12.5. The summed E-state index contributed by atoms with van der Waals surface area (Å²) in [5.74, 6) is 0.0178. The normalized spacial score (nSPS) is 13.2. The summed E-state index contributed by atoms with van der Waals surface area (Å²) in [5, 5.41) is 24.1. The molecule has 2 atom stereocenters. The van der Waals surface area contributed by atoms with Crippen molar-refractivity contribution >= 4 is 28.9 Å². The minimum absolute atomic E-state index is 0.184. The van der Waals surface area contributed by atoms with Crippen LogP contribution in [0.2, 0.25) is 0 Å². The van der Waals surface area contributed by atoms with Crippen LogP contribution < -0.4 is 15.4 Å². The molecular formula is C20H30N4O4S. The van der Waals surface area contributed by atoms with E-state index in [-0.39, 0.29) is 25.3 Å². The minimum atomic E-state index is -0.629. The van der Waals surface area contributed by atoms with Crippen LogP contribution in [0.25, 0.3) is 10.8 Å². The lowest BCUT2D eigenvalue weighted by Crippen LogP contribution is -2.47. The van der Waals surface area contributed by atoms with Gasteiger partial charge in [-0.25, -0.2) is 0 Å². The molecule has 4 N–H and O–H groups in total. The highest BCUT2D eigenvalue weighted by molar-refractivity contribution is 7.71. The molecule has 0 saturated carbocycles. The van der Waals surface area contributed by atoms with Crippen LogP contribution in [0.3, 0.4) is 0 Å². The number of aliphatic hydroxyl groups is 1. The Balaban J connectivity index is 1.70. The third kappa shape index (κ3) is 8.06. The Morgan fingerprint density at radius 2 is 2.07 bits per heavy atom. The Hall–Kier alpha value is -2.07. The van der Waals surface area contributed by atoms with Gasteiger partial charge in [-0.05, 0) is 19.4 Å².